The maximum absolute atomic E-state index is 14.1. The van der Waals surface area contributed by atoms with Crippen molar-refractivity contribution in [1.82, 2.24) is 35.1 Å². The maximum atomic E-state index is 14.1. The third-order valence-electron chi connectivity index (χ3n) is 9.05. The van der Waals surface area contributed by atoms with Crippen LogP contribution < -0.4 is 10.1 Å². The van der Waals surface area contributed by atoms with Crippen molar-refractivity contribution in [2.45, 2.75) is 44.7 Å². The van der Waals surface area contributed by atoms with Crippen LogP contribution in [0.15, 0.2) is 85.2 Å². The Labute approximate surface area is 282 Å². The molecule has 0 radical (unpaired) electrons. The van der Waals surface area contributed by atoms with E-state index in [1.54, 1.807) is 23.0 Å². The summed E-state index contributed by atoms with van der Waals surface area (Å²) in [5.41, 5.74) is 3.36. The summed E-state index contributed by atoms with van der Waals surface area (Å²) in [6, 6.07) is 23.2. The van der Waals surface area contributed by atoms with Gasteiger partial charge in [-0.25, -0.2) is 9.67 Å². The average molecular weight is 652 g/mol. The molecule has 0 saturated carbocycles. The summed E-state index contributed by atoms with van der Waals surface area (Å²) in [6.45, 7) is 5.89. The molecule has 1 atom stereocenters. The summed E-state index contributed by atoms with van der Waals surface area (Å²) < 4.78 is 13.6. The number of pyridine rings is 1. The number of aryl methyl sites for hydroxylation is 1. The minimum Gasteiger partial charge on any atom is -0.475 e. The van der Waals surface area contributed by atoms with Crippen LogP contribution in [0.2, 0.25) is 0 Å². The fourth-order valence-electron chi connectivity index (χ4n) is 6.46. The molecule has 1 N–H and O–H groups in total. The van der Waals surface area contributed by atoms with Crippen LogP contribution in [0, 0.1) is 5.92 Å². The van der Waals surface area contributed by atoms with E-state index in [0.29, 0.717) is 44.5 Å². The second-order valence-corrected chi connectivity index (χ2v) is 12.6. The molecule has 2 aromatic carbocycles. The van der Waals surface area contributed by atoms with Crippen molar-refractivity contribution in [3.8, 4) is 5.88 Å². The Morgan fingerprint density at radius 2 is 1.62 bits per heavy atom. The molecule has 11 nitrogen and oxygen atoms in total. The van der Waals surface area contributed by atoms with Gasteiger partial charge >= 0.3 is 0 Å². The summed E-state index contributed by atoms with van der Waals surface area (Å²) in [7, 11) is 0. The van der Waals surface area contributed by atoms with Gasteiger partial charge in [-0.2, -0.15) is 0 Å². The van der Waals surface area contributed by atoms with Gasteiger partial charge in [0.15, 0.2) is 0 Å². The van der Waals surface area contributed by atoms with Gasteiger partial charge in [0, 0.05) is 45.0 Å². The molecule has 48 heavy (non-hydrogen) atoms. The van der Waals surface area contributed by atoms with Gasteiger partial charge in [-0.05, 0) is 61.4 Å². The first kappa shape index (κ1) is 33.3. The lowest BCUT2D eigenvalue weighted by atomic mass is 9.95. The normalized spacial score (nSPS) is 20.0. The highest BCUT2D eigenvalue weighted by atomic mass is 16.5. The monoisotopic (exact) mass is 651 g/mol. The predicted octanol–water partition coefficient (Wildman–Crippen LogP) is 3.64. The van der Waals surface area contributed by atoms with Crippen molar-refractivity contribution in [2.75, 3.05) is 52.5 Å². The molecule has 0 spiro atoms. The van der Waals surface area contributed by atoms with E-state index in [9.17, 15) is 9.59 Å². The van der Waals surface area contributed by atoms with Crippen molar-refractivity contribution in [1.29, 1.82) is 0 Å². The van der Waals surface area contributed by atoms with Crippen LogP contribution in [0.25, 0.3) is 0 Å². The molecule has 1 saturated heterocycles. The molecule has 2 bridgehead atoms. The Morgan fingerprint density at radius 3 is 2.42 bits per heavy atom. The Balaban J connectivity index is 1.16. The summed E-state index contributed by atoms with van der Waals surface area (Å²) in [5, 5.41) is 11.6. The zero-order valence-corrected chi connectivity index (χ0v) is 27.5. The lowest BCUT2D eigenvalue weighted by molar-refractivity contribution is -0.134. The van der Waals surface area contributed by atoms with Crippen LogP contribution in [-0.4, -0.2) is 100 Å². The van der Waals surface area contributed by atoms with E-state index in [1.165, 1.54) is 5.56 Å². The molecular weight excluding hydrogens is 606 g/mol. The third-order valence-corrected chi connectivity index (χ3v) is 9.05. The van der Waals surface area contributed by atoms with Crippen molar-refractivity contribution >= 4 is 11.8 Å². The standard InChI is InChI=1S/C37H45N7O4/c45-35-33-14-7-17-38-36(33)48-24-23-47-22-21-42(18-8-13-29-9-3-1-4-10-29)26-31-15-19-43(20-16-31)37(46)34(39-35)25-32-28-44(41-40-32)27-30-11-5-2-6-12-30/h1-7,9-12,14,17,28,31,34H,8,13,15-16,18-27H2,(H,39,45)/t34-/m1/s1. The van der Waals surface area contributed by atoms with Gasteiger partial charge in [0.25, 0.3) is 5.91 Å². The molecule has 3 aliphatic heterocycles. The van der Waals surface area contributed by atoms with Gasteiger partial charge in [-0.3, -0.25) is 9.59 Å². The number of ether oxygens (including phenoxy) is 2. The molecular formula is C37H45N7O4. The van der Waals surface area contributed by atoms with Gasteiger partial charge in [-0.1, -0.05) is 65.9 Å². The van der Waals surface area contributed by atoms with Crippen LogP contribution in [0.3, 0.4) is 0 Å². The molecule has 3 aliphatic rings. The number of carbonyl (C=O) groups is 2. The number of piperidine rings is 1. The molecule has 4 aromatic rings. The molecule has 0 unspecified atom stereocenters. The Kier molecular flexibility index (Phi) is 11.8. The zero-order valence-electron chi connectivity index (χ0n) is 27.5. The maximum Gasteiger partial charge on any atom is 0.257 e. The van der Waals surface area contributed by atoms with E-state index in [-0.39, 0.29) is 30.4 Å². The second-order valence-electron chi connectivity index (χ2n) is 12.6. The number of nitrogens with one attached hydrogen (secondary N) is 1. The smallest absolute Gasteiger partial charge is 0.257 e. The summed E-state index contributed by atoms with van der Waals surface area (Å²) >= 11 is 0. The topological polar surface area (TPSA) is 115 Å². The van der Waals surface area contributed by atoms with Crippen molar-refractivity contribution < 1.29 is 19.1 Å². The van der Waals surface area contributed by atoms with Crippen molar-refractivity contribution in [3.05, 3.63) is 108 Å². The highest BCUT2D eigenvalue weighted by molar-refractivity contribution is 5.99. The third kappa shape index (κ3) is 9.48. The fourth-order valence-corrected chi connectivity index (χ4v) is 6.46. The number of hydrogen-bond donors (Lipinski definition) is 1. The largest absolute Gasteiger partial charge is 0.475 e. The van der Waals surface area contributed by atoms with E-state index in [1.807, 2.05) is 41.4 Å². The van der Waals surface area contributed by atoms with E-state index >= 15 is 0 Å². The van der Waals surface area contributed by atoms with Crippen LogP contribution in [0.4, 0.5) is 0 Å². The Bertz CT molecular complexity index is 1590. The first-order valence-corrected chi connectivity index (χ1v) is 17.0. The minimum absolute atomic E-state index is 0.111. The SMILES string of the molecule is O=C1N[C@H](Cc2cn(Cc3ccccc3)nn2)C(=O)N2CCC(CC2)CN(CCCc2ccccc2)CCOCCOc2ncccc21. The number of benzene rings is 2. The first-order chi connectivity index (χ1) is 23.6. The Hall–Kier alpha value is -4.61. The average Bonchev–Trinajstić information content (AvgIpc) is 3.56. The van der Waals surface area contributed by atoms with Crippen LogP contribution in [0.1, 0.15) is 46.4 Å². The fraction of sp³-hybridized carbons (Fsp3) is 0.432. The first-order valence-electron chi connectivity index (χ1n) is 17.0. The van der Waals surface area contributed by atoms with Crippen LogP contribution in [-0.2, 0) is 28.9 Å². The summed E-state index contributed by atoms with van der Waals surface area (Å²) in [4.78, 5) is 36.4. The van der Waals surface area contributed by atoms with Crippen molar-refractivity contribution in [2.24, 2.45) is 5.92 Å². The molecule has 252 valence electrons. The van der Waals surface area contributed by atoms with Gasteiger partial charge in [0.05, 0.1) is 25.5 Å². The Morgan fingerprint density at radius 1 is 0.854 bits per heavy atom. The van der Waals surface area contributed by atoms with Gasteiger partial charge in [0.2, 0.25) is 11.8 Å². The quantitative estimate of drug-likeness (QED) is 0.288. The molecule has 5 heterocycles. The minimum atomic E-state index is -0.819. The van der Waals surface area contributed by atoms with Gasteiger partial charge in [-0.15, -0.1) is 5.10 Å². The van der Waals surface area contributed by atoms with E-state index < -0.39 is 11.9 Å². The van der Waals surface area contributed by atoms with Crippen LogP contribution >= 0.6 is 0 Å². The number of fused-ring (bicyclic) bond motifs is 12. The van der Waals surface area contributed by atoms with E-state index in [0.717, 1.165) is 50.9 Å². The van der Waals surface area contributed by atoms with Gasteiger partial charge < -0.3 is 24.6 Å². The lowest BCUT2D eigenvalue weighted by Crippen LogP contribution is -2.52. The predicted molar refractivity (Wildman–Crippen MR) is 182 cm³/mol. The molecule has 11 heteroatoms. The van der Waals surface area contributed by atoms with Crippen molar-refractivity contribution in [3.63, 3.8) is 0 Å². The number of nitrogens with zero attached hydrogens (tertiary/aromatic N) is 6. The molecule has 0 aliphatic carbocycles. The molecule has 2 amide bonds. The van der Waals surface area contributed by atoms with Gasteiger partial charge in [0.1, 0.15) is 18.2 Å². The number of carbonyl (C=O) groups excluding carboxylic acids is 2. The highest BCUT2D eigenvalue weighted by Crippen LogP contribution is 2.21. The molecule has 7 rings (SSSR count). The lowest BCUT2D eigenvalue weighted by Gasteiger charge is -2.36. The van der Waals surface area contributed by atoms with Crippen LogP contribution in [0.5, 0.6) is 5.88 Å². The summed E-state index contributed by atoms with van der Waals surface area (Å²) in [5.74, 6) is 0.163. The molecule has 1 fully saturated rings. The number of amides is 2. The summed E-state index contributed by atoms with van der Waals surface area (Å²) in [6.07, 6.45) is 7.59. The number of rotatable bonds is 8. The van der Waals surface area contributed by atoms with E-state index in [4.69, 9.17) is 9.47 Å². The number of hydrogen-bond acceptors (Lipinski definition) is 8. The highest BCUT2D eigenvalue weighted by Gasteiger charge is 2.32. The molecule has 2 aromatic heterocycles. The van der Waals surface area contributed by atoms with E-state index in [2.05, 4.69) is 55.8 Å². The number of aromatic nitrogens is 4. The zero-order chi connectivity index (χ0) is 33.0. The second kappa shape index (κ2) is 17.0.